The molecule has 0 unspecified atom stereocenters. The topological polar surface area (TPSA) is 75.7 Å². The Morgan fingerprint density at radius 2 is 2.04 bits per heavy atom. The number of carbonyl (C=O) groups is 3. The molecular weight excluding hydrogens is 320 g/mol. The van der Waals surface area contributed by atoms with Gasteiger partial charge in [0.05, 0.1) is 5.69 Å². The molecule has 0 bridgehead atoms. The number of benzene rings is 1. The number of carbonyl (C=O) groups excluding carboxylic acids is 3. The molecule has 25 heavy (non-hydrogen) atoms. The quantitative estimate of drug-likeness (QED) is 0.551. The molecule has 1 aliphatic rings. The second-order valence-corrected chi connectivity index (χ2v) is 6.23. The van der Waals surface area contributed by atoms with Crippen molar-refractivity contribution in [2.75, 3.05) is 24.6 Å². The summed E-state index contributed by atoms with van der Waals surface area (Å²) in [5.74, 6) is 0.381. The van der Waals surface area contributed by atoms with Crippen LogP contribution in [0.2, 0.25) is 0 Å². The maximum Gasteiger partial charge on any atom is 0.265 e. The number of ketones is 1. The standard InChI is InChI=1S/C19H26N2O4/c1-3-4-5-10-20-18(23)7-6-11-21-16-12-15(14(2)22)8-9-17(16)25-13-19(21)24/h8-9,12H,3-7,10-11,13H2,1-2H3,(H,20,23). The molecule has 1 heterocycles. The average molecular weight is 346 g/mol. The summed E-state index contributed by atoms with van der Waals surface area (Å²) in [5, 5.41) is 2.90. The zero-order valence-electron chi connectivity index (χ0n) is 15.0. The summed E-state index contributed by atoms with van der Waals surface area (Å²) >= 11 is 0. The third-order valence-corrected chi connectivity index (χ3v) is 4.20. The van der Waals surface area contributed by atoms with Gasteiger partial charge in [-0.25, -0.2) is 0 Å². The SMILES string of the molecule is CCCCCNC(=O)CCCN1C(=O)COc2ccc(C(C)=O)cc21. The van der Waals surface area contributed by atoms with Crippen LogP contribution in [-0.2, 0) is 9.59 Å². The number of hydrogen-bond donors (Lipinski definition) is 1. The Morgan fingerprint density at radius 1 is 1.24 bits per heavy atom. The number of nitrogens with one attached hydrogen (secondary N) is 1. The van der Waals surface area contributed by atoms with E-state index in [1.54, 1.807) is 23.1 Å². The highest BCUT2D eigenvalue weighted by Gasteiger charge is 2.26. The van der Waals surface area contributed by atoms with Gasteiger partial charge in [0, 0.05) is 25.1 Å². The Balaban J connectivity index is 1.91. The van der Waals surface area contributed by atoms with Gasteiger partial charge in [0.2, 0.25) is 5.91 Å². The van der Waals surface area contributed by atoms with E-state index in [4.69, 9.17) is 4.74 Å². The summed E-state index contributed by atoms with van der Waals surface area (Å²) in [4.78, 5) is 37.2. The number of nitrogens with zero attached hydrogens (tertiary/aromatic N) is 1. The van der Waals surface area contributed by atoms with E-state index in [1.165, 1.54) is 6.92 Å². The highest BCUT2D eigenvalue weighted by Crippen LogP contribution is 2.33. The second kappa shape index (κ2) is 9.20. The minimum Gasteiger partial charge on any atom is -0.482 e. The lowest BCUT2D eigenvalue weighted by Gasteiger charge is -2.29. The molecule has 136 valence electrons. The molecule has 0 saturated heterocycles. The summed E-state index contributed by atoms with van der Waals surface area (Å²) in [5.41, 5.74) is 1.14. The van der Waals surface area contributed by atoms with Crippen molar-refractivity contribution in [2.24, 2.45) is 0 Å². The molecule has 0 aromatic heterocycles. The maximum absolute atomic E-state index is 12.2. The fourth-order valence-corrected chi connectivity index (χ4v) is 2.76. The van der Waals surface area contributed by atoms with E-state index in [-0.39, 0.29) is 24.2 Å². The molecule has 0 radical (unpaired) electrons. The first kappa shape index (κ1) is 19.0. The first-order valence-corrected chi connectivity index (χ1v) is 8.87. The Hall–Kier alpha value is -2.37. The fraction of sp³-hybridized carbons (Fsp3) is 0.526. The minimum absolute atomic E-state index is 0.00882. The number of amides is 2. The third kappa shape index (κ3) is 5.31. The average Bonchev–Trinajstić information content (AvgIpc) is 2.60. The van der Waals surface area contributed by atoms with Crippen LogP contribution in [0.3, 0.4) is 0 Å². The van der Waals surface area contributed by atoms with Crippen LogP contribution in [0.5, 0.6) is 5.75 Å². The number of hydrogen-bond acceptors (Lipinski definition) is 4. The molecule has 6 nitrogen and oxygen atoms in total. The lowest BCUT2D eigenvalue weighted by molar-refractivity contribution is -0.122. The molecule has 2 rings (SSSR count). The van der Waals surface area contributed by atoms with Crippen molar-refractivity contribution in [3.05, 3.63) is 23.8 Å². The van der Waals surface area contributed by atoms with Crippen LogP contribution in [0.1, 0.15) is 56.3 Å². The third-order valence-electron chi connectivity index (χ3n) is 4.20. The van der Waals surface area contributed by atoms with Gasteiger partial charge < -0.3 is 15.0 Å². The molecule has 2 amide bonds. The van der Waals surface area contributed by atoms with Crippen molar-refractivity contribution in [2.45, 2.75) is 46.0 Å². The van der Waals surface area contributed by atoms with Crippen LogP contribution < -0.4 is 15.0 Å². The normalized spacial score (nSPS) is 13.2. The van der Waals surface area contributed by atoms with Gasteiger partial charge in [0.1, 0.15) is 5.75 Å². The van der Waals surface area contributed by atoms with Gasteiger partial charge in [-0.05, 0) is 38.0 Å². The number of Topliss-reactive ketones (excluding diaryl/α,β-unsaturated/α-hetero) is 1. The van der Waals surface area contributed by atoms with Crippen LogP contribution >= 0.6 is 0 Å². The van der Waals surface area contributed by atoms with E-state index in [9.17, 15) is 14.4 Å². The Kier molecular flexibility index (Phi) is 6.98. The highest BCUT2D eigenvalue weighted by atomic mass is 16.5. The maximum atomic E-state index is 12.2. The van der Waals surface area contributed by atoms with E-state index in [1.807, 2.05) is 0 Å². The molecule has 6 heteroatoms. The fourth-order valence-electron chi connectivity index (χ4n) is 2.76. The first-order chi connectivity index (χ1) is 12.0. The molecule has 1 N–H and O–H groups in total. The van der Waals surface area contributed by atoms with Crippen molar-refractivity contribution in [3.8, 4) is 5.75 Å². The van der Waals surface area contributed by atoms with Crippen LogP contribution in [0.4, 0.5) is 5.69 Å². The molecule has 0 spiro atoms. The second-order valence-electron chi connectivity index (χ2n) is 6.23. The van der Waals surface area contributed by atoms with Gasteiger partial charge in [-0.15, -0.1) is 0 Å². The van der Waals surface area contributed by atoms with Crippen molar-refractivity contribution >= 4 is 23.3 Å². The molecule has 0 fully saturated rings. The van der Waals surface area contributed by atoms with E-state index < -0.39 is 0 Å². The van der Waals surface area contributed by atoms with Crippen molar-refractivity contribution < 1.29 is 19.1 Å². The minimum atomic E-state index is -0.156. The molecule has 0 atom stereocenters. The Labute approximate surface area is 148 Å². The molecule has 1 aromatic carbocycles. The van der Waals surface area contributed by atoms with Gasteiger partial charge in [0.15, 0.2) is 12.4 Å². The number of fused-ring (bicyclic) bond motifs is 1. The monoisotopic (exact) mass is 346 g/mol. The molecule has 1 aliphatic heterocycles. The zero-order chi connectivity index (χ0) is 18.2. The first-order valence-electron chi connectivity index (χ1n) is 8.87. The van der Waals surface area contributed by atoms with E-state index >= 15 is 0 Å². The van der Waals surface area contributed by atoms with Gasteiger partial charge in [-0.3, -0.25) is 14.4 Å². The highest BCUT2D eigenvalue weighted by molar-refractivity contribution is 6.01. The molecular formula is C19H26N2O4. The van der Waals surface area contributed by atoms with Crippen molar-refractivity contribution in [3.63, 3.8) is 0 Å². The molecule has 0 saturated carbocycles. The summed E-state index contributed by atoms with van der Waals surface area (Å²) in [6.07, 6.45) is 4.16. The number of anilines is 1. The lowest BCUT2D eigenvalue weighted by atomic mass is 10.1. The van der Waals surface area contributed by atoms with Crippen molar-refractivity contribution in [1.82, 2.24) is 5.32 Å². The molecule has 1 aromatic rings. The van der Waals surface area contributed by atoms with Crippen LogP contribution in [-0.4, -0.2) is 37.3 Å². The smallest absolute Gasteiger partial charge is 0.265 e. The number of unbranched alkanes of at least 4 members (excludes halogenated alkanes) is 2. The lowest BCUT2D eigenvalue weighted by Crippen LogP contribution is -2.40. The van der Waals surface area contributed by atoms with Gasteiger partial charge in [0.25, 0.3) is 5.91 Å². The van der Waals surface area contributed by atoms with E-state index in [0.717, 1.165) is 19.3 Å². The van der Waals surface area contributed by atoms with E-state index in [2.05, 4.69) is 12.2 Å². The number of ether oxygens (including phenoxy) is 1. The largest absolute Gasteiger partial charge is 0.482 e. The predicted octanol–water partition coefficient (Wildman–Crippen LogP) is 2.70. The summed E-state index contributed by atoms with van der Waals surface area (Å²) in [6.45, 7) is 4.72. The van der Waals surface area contributed by atoms with Gasteiger partial charge >= 0.3 is 0 Å². The molecule has 0 aliphatic carbocycles. The van der Waals surface area contributed by atoms with Crippen LogP contribution in [0, 0.1) is 0 Å². The Morgan fingerprint density at radius 3 is 2.76 bits per heavy atom. The zero-order valence-corrected chi connectivity index (χ0v) is 15.0. The summed E-state index contributed by atoms with van der Waals surface area (Å²) < 4.78 is 5.42. The summed E-state index contributed by atoms with van der Waals surface area (Å²) in [7, 11) is 0. The van der Waals surface area contributed by atoms with Gasteiger partial charge in [-0.1, -0.05) is 19.8 Å². The summed E-state index contributed by atoms with van der Waals surface area (Å²) in [6, 6.07) is 5.09. The van der Waals surface area contributed by atoms with E-state index in [0.29, 0.717) is 42.9 Å². The predicted molar refractivity (Wildman–Crippen MR) is 96.1 cm³/mol. The van der Waals surface area contributed by atoms with Crippen LogP contribution in [0.15, 0.2) is 18.2 Å². The number of rotatable bonds is 9. The van der Waals surface area contributed by atoms with Crippen LogP contribution in [0.25, 0.3) is 0 Å². The van der Waals surface area contributed by atoms with Crippen molar-refractivity contribution in [1.29, 1.82) is 0 Å². The Bertz CT molecular complexity index is 642. The van der Waals surface area contributed by atoms with Gasteiger partial charge in [-0.2, -0.15) is 0 Å².